The first-order valence-corrected chi connectivity index (χ1v) is 12.3. The lowest BCUT2D eigenvalue weighted by Crippen LogP contribution is -2.37. The summed E-state index contributed by atoms with van der Waals surface area (Å²) in [6.45, 7) is 6.70. The van der Waals surface area contributed by atoms with Crippen molar-refractivity contribution in [3.05, 3.63) is 53.1 Å². The van der Waals surface area contributed by atoms with Crippen molar-refractivity contribution in [3.63, 3.8) is 0 Å². The van der Waals surface area contributed by atoms with Crippen LogP contribution in [0.2, 0.25) is 0 Å². The van der Waals surface area contributed by atoms with E-state index in [0.717, 1.165) is 15.8 Å². The predicted octanol–water partition coefficient (Wildman–Crippen LogP) is 3.92. The molecule has 0 aliphatic rings. The van der Waals surface area contributed by atoms with Gasteiger partial charge in [0.2, 0.25) is 0 Å². The van der Waals surface area contributed by atoms with Crippen molar-refractivity contribution in [1.82, 2.24) is 9.88 Å². The third-order valence-electron chi connectivity index (χ3n) is 5.07. The average molecular weight is 446 g/mol. The maximum absolute atomic E-state index is 13.6. The van der Waals surface area contributed by atoms with Crippen molar-refractivity contribution >= 4 is 42.4 Å². The molecule has 0 atom stereocenters. The van der Waals surface area contributed by atoms with E-state index in [0.29, 0.717) is 18.2 Å². The van der Waals surface area contributed by atoms with Crippen LogP contribution in [0.5, 0.6) is 0 Å². The van der Waals surface area contributed by atoms with Gasteiger partial charge in [0.05, 0.1) is 26.4 Å². The lowest BCUT2D eigenvalue weighted by atomic mass is 10.1. The first-order chi connectivity index (χ1) is 14.1. The van der Waals surface area contributed by atoms with Gasteiger partial charge in [-0.15, -0.1) is 0 Å². The molecule has 0 spiro atoms. The number of rotatable bonds is 7. The zero-order valence-corrected chi connectivity index (χ0v) is 19.6. The Hall–Kier alpha value is -2.29. The normalized spacial score (nSPS) is 11.9. The highest BCUT2D eigenvalue weighted by Gasteiger charge is 2.27. The van der Waals surface area contributed by atoms with Crippen LogP contribution in [0.4, 0.5) is 5.13 Å². The van der Waals surface area contributed by atoms with Gasteiger partial charge in [-0.3, -0.25) is 9.69 Å². The number of carbonyl (C=O) groups is 1. The topological polar surface area (TPSA) is 70.6 Å². The number of sulfone groups is 1. The second-order valence-corrected chi connectivity index (χ2v) is 10.8. The largest absolute Gasteiger partial charge is 0.308 e. The summed E-state index contributed by atoms with van der Waals surface area (Å²) >= 11 is 1.45. The van der Waals surface area contributed by atoms with E-state index < -0.39 is 9.84 Å². The molecule has 2 aromatic carbocycles. The van der Waals surface area contributed by atoms with Crippen molar-refractivity contribution in [2.75, 3.05) is 37.8 Å². The van der Waals surface area contributed by atoms with E-state index in [1.165, 1.54) is 23.0 Å². The van der Waals surface area contributed by atoms with E-state index in [4.69, 9.17) is 4.98 Å². The SMILES string of the molecule is CCS(=O)(=O)c1ccccc1C(=O)N(CCN(C)C)c1nc2cc(C)c(C)cc2s1. The van der Waals surface area contributed by atoms with Crippen LogP contribution in [0.3, 0.4) is 0 Å². The number of carbonyl (C=O) groups excluding carboxylic acids is 1. The molecule has 1 heterocycles. The molecular weight excluding hydrogens is 418 g/mol. The molecule has 160 valence electrons. The molecule has 30 heavy (non-hydrogen) atoms. The Labute approximate surface area is 182 Å². The van der Waals surface area contributed by atoms with Crippen molar-refractivity contribution in [1.29, 1.82) is 0 Å². The second-order valence-electron chi connectivity index (χ2n) is 7.56. The summed E-state index contributed by atoms with van der Waals surface area (Å²) in [5, 5.41) is 0.575. The second kappa shape index (κ2) is 8.83. The van der Waals surface area contributed by atoms with Gasteiger partial charge in [0, 0.05) is 13.1 Å². The van der Waals surface area contributed by atoms with E-state index >= 15 is 0 Å². The third-order valence-corrected chi connectivity index (χ3v) is 7.90. The monoisotopic (exact) mass is 445 g/mol. The van der Waals surface area contributed by atoms with Crippen molar-refractivity contribution < 1.29 is 13.2 Å². The fourth-order valence-corrected chi connectivity index (χ4v) is 5.24. The van der Waals surface area contributed by atoms with Gasteiger partial charge in [-0.05, 0) is 63.3 Å². The Morgan fingerprint density at radius 2 is 1.73 bits per heavy atom. The Kier molecular flexibility index (Phi) is 6.59. The Bertz CT molecular complexity index is 1140. The lowest BCUT2D eigenvalue weighted by Gasteiger charge is -2.23. The fourth-order valence-electron chi connectivity index (χ4n) is 3.08. The van der Waals surface area contributed by atoms with Crippen LogP contribution in [0.25, 0.3) is 10.2 Å². The van der Waals surface area contributed by atoms with Crippen LogP contribution in [-0.4, -0.2) is 57.1 Å². The molecule has 0 radical (unpaired) electrons. The predicted molar refractivity (Wildman–Crippen MR) is 123 cm³/mol. The molecule has 0 saturated heterocycles. The van der Waals surface area contributed by atoms with E-state index in [1.54, 1.807) is 30.0 Å². The van der Waals surface area contributed by atoms with Crippen molar-refractivity contribution in [3.8, 4) is 0 Å². The molecule has 1 aromatic heterocycles. The summed E-state index contributed by atoms with van der Waals surface area (Å²) in [4.78, 5) is 21.9. The van der Waals surface area contributed by atoms with Gasteiger partial charge in [0.25, 0.3) is 5.91 Å². The molecule has 6 nitrogen and oxygen atoms in total. The molecule has 0 unspecified atom stereocenters. The van der Waals surface area contributed by atoms with Gasteiger partial charge in [0.1, 0.15) is 0 Å². The minimum Gasteiger partial charge on any atom is -0.308 e. The molecule has 1 amide bonds. The zero-order valence-electron chi connectivity index (χ0n) is 18.0. The third kappa shape index (κ3) is 4.55. The Morgan fingerprint density at radius 1 is 1.07 bits per heavy atom. The summed E-state index contributed by atoms with van der Waals surface area (Å²) < 4.78 is 26.2. The van der Waals surface area contributed by atoms with Gasteiger partial charge in [-0.25, -0.2) is 13.4 Å². The van der Waals surface area contributed by atoms with Crippen LogP contribution in [0.15, 0.2) is 41.3 Å². The van der Waals surface area contributed by atoms with Crippen LogP contribution < -0.4 is 4.90 Å². The molecule has 0 aliphatic heterocycles. The van der Waals surface area contributed by atoms with Gasteiger partial charge >= 0.3 is 0 Å². The summed E-state index contributed by atoms with van der Waals surface area (Å²) in [6, 6.07) is 10.5. The standard InChI is InChI=1S/C22H27N3O3S2/c1-6-30(27,28)20-10-8-7-9-17(20)21(26)25(12-11-24(4)5)22-23-18-13-15(2)16(3)14-19(18)29-22/h7-10,13-14H,6,11-12H2,1-5H3. The number of nitrogens with zero attached hydrogens (tertiary/aromatic N) is 3. The van der Waals surface area contributed by atoms with Crippen LogP contribution in [0, 0.1) is 13.8 Å². The van der Waals surface area contributed by atoms with Crippen LogP contribution in [0.1, 0.15) is 28.4 Å². The summed E-state index contributed by atoms with van der Waals surface area (Å²) in [7, 11) is 0.336. The number of hydrogen-bond acceptors (Lipinski definition) is 6. The molecule has 0 bridgehead atoms. The Balaban J connectivity index is 2.10. The van der Waals surface area contributed by atoms with Gasteiger partial charge in [-0.1, -0.05) is 30.4 Å². The lowest BCUT2D eigenvalue weighted by molar-refractivity contribution is 0.0982. The highest BCUT2D eigenvalue weighted by Crippen LogP contribution is 2.32. The minimum absolute atomic E-state index is 0.0608. The van der Waals surface area contributed by atoms with E-state index in [9.17, 15) is 13.2 Å². The minimum atomic E-state index is -3.53. The summed E-state index contributed by atoms with van der Waals surface area (Å²) in [5.41, 5.74) is 3.34. The van der Waals surface area contributed by atoms with Crippen LogP contribution in [-0.2, 0) is 9.84 Å². The first-order valence-electron chi connectivity index (χ1n) is 9.80. The molecule has 0 aliphatic carbocycles. The fraction of sp³-hybridized carbons (Fsp3) is 0.364. The number of aromatic nitrogens is 1. The number of anilines is 1. The highest BCUT2D eigenvalue weighted by molar-refractivity contribution is 7.91. The van der Waals surface area contributed by atoms with Crippen LogP contribution >= 0.6 is 11.3 Å². The van der Waals surface area contributed by atoms with E-state index in [-0.39, 0.29) is 22.1 Å². The first kappa shape index (κ1) is 22.4. The highest BCUT2D eigenvalue weighted by atomic mass is 32.2. The molecule has 8 heteroatoms. The molecule has 3 aromatic rings. The van der Waals surface area contributed by atoms with Crippen molar-refractivity contribution in [2.24, 2.45) is 0 Å². The summed E-state index contributed by atoms with van der Waals surface area (Å²) in [6.07, 6.45) is 0. The van der Waals surface area contributed by atoms with Gasteiger partial charge < -0.3 is 4.90 Å². The molecule has 3 rings (SSSR count). The molecular formula is C22H27N3O3S2. The van der Waals surface area contributed by atoms with E-state index in [2.05, 4.69) is 13.0 Å². The van der Waals surface area contributed by atoms with Gasteiger partial charge in [-0.2, -0.15) is 0 Å². The quantitative estimate of drug-likeness (QED) is 0.551. The number of fused-ring (bicyclic) bond motifs is 1. The Morgan fingerprint density at radius 3 is 2.40 bits per heavy atom. The molecule has 0 fully saturated rings. The number of likely N-dealkylation sites (N-methyl/N-ethyl adjacent to an activating group) is 1. The zero-order chi connectivity index (χ0) is 22.1. The molecule has 0 N–H and O–H groups in total. The van der Waals surface area contributed by atoms with Gasteiger partial charge in [0.15, 0.2) is 15.0 Å². The number of benzene rings is 2. The number of amides is 1. The van der Waals surface area contributed by atoms with E-state index in [1.807, 2.05) is 32.0 Å². The maximum atomic E-state index is 13.6. The molecule has 0 saturated carbocycles. The summed E-state index contributed by atoms with van der Waals surface area (Å²) in [5.74, 6) is -0.411. The smallest absolute Gasteiger partial charge is 0.261 e. The number of thiazole rings is 1. The number of hydrogen-bond donors (Lipinski definition) is 0. The average Bonchev–Trinajstić information content (AvgIpc) is 3.10. The maximum Gasteiger partial charge on any atom is 0.261 e. The number of aryl methyl sites for hydroxylation is 2. The van der Waals surface area contributed by atoms with Crippen molar-refractivity contribution in [2.45, 2.75) is 25.7 Å².